The summed E-state index contributed by atoms with van der Waals surface area (Å²) in [4.78, 5) is 2.79. The van der Waals surface area contributed by atoms with Gasteiger partial charge in [0.1, 0.15) is 0 Å². The molecule has 1 unspecified atom stereocenters. The summed E-state index contributed by atoms with van der Waals surface area (Å²) < 4.78 is 0. The predicted octanol–water partition coefficient (Wildman–Crippen LogP) is 4.70. The molecule has 2 heteroatoms. The first-order valence-corrected chi connectivity index (χ1v) is 7.31. The van der Waals surface area contributed by atoms with E-state index >= 15 is 0 Å². The zero-order valence-corrected chi connectivity index (χ0v) is 12.4. The SMILES string of the molecule is CCC(NC)c1ccc(-c2cc(C)cc(C)c2)s1. The van der Waals surface area contributed by atoms with Gasteiger partial charge in [-0.25, -0.2) is 0 Å². The maximum absolute atomic E-state index is 3.37. The number of thiophene rings is 1. The van der Waals surface area contributed by atoms with Gasteiger partial charge >= 0.3 is 0 Å². The highest BCUT2D eigenvalue weighted by Gasteiger charge is 2.10. The number of nitrogens with one attached hydrogen (secondary N) is 1. The maximum atomic E-state index is 3.37. The third-order valence-corrected chi connectivity index (χ3v) is 4.48. The van der Waals surface area contributed by atoms with E-state index in [-0.39, 0.29) is 0 Å². The number of hydrogen-bond donors (Lipinski definition) is 1. The van der Waals surface area contributed by atoms with Crippen molar-refractivity contribution in [3.63, 3.8) is 0 Å². The molecule has 18 heavy (non-hydrogen) atoms. The smallest absolute Gasteiger partial charge is 0.0409 e. The summed E-state index contributed by atoms with van der Waals surface area (Å²) in [5.41, 5.74) is 4.01. The van der Waals surface area contributed by atoms with E-state index in [1.54, 1.807) is 0 Å². The van der Waals surface area contributed by atoms with Crippen LogP contribution >= 0.6 is 11.3 Å². The normalized spacial score (nSPS) is 12.7. The highest BCUT2D eigenvalue weighted by molar-refractivity contribution is 7.15. The van der Waals surface area contributed by atoms with Gasteiger partial charge in [-0.05, 0) is 45.0 Å². The molecule has 2 aromatic rings. The molecule has 1 nitrogen and oxygen atoms in total. The summed E-state index contributed by atoms with van der Waals surface area (Å²) in [6, 6.07) is 11.7. The summed E-state index contributed by atoms with van der Waals surface area (Å²) in [5.74, 6) is 0. The first-order valence-electron chi connectivity index (χ1n) is 6.49. The molecule has 1 aromatic heterocycles. The second-order valence-electron chi connectivity index (χ2n) is 4.83. The monoisotopic (exact) mass is 259 g/mol. The van der Waals surface area contributed by atoms with Crippen LogP contribution in [0.1, 0.15) is 35.4 Å². The van der Waals surface area contributed by atoms with Gasteiger partial charge in [-0.3, -0.25) is 0 Å². The third-order valence-electron chi connectivity index (χ3n) is 3.23. The summed E-state index contributed by atoms with van der Waals surface area (Å²) in [5, 5.41) is 3.37. The maximum Gasteiger partial charge on any atom is 0.0409 e. The van der Waals surface area contributed by atoms with Crippen molar-refractivity contribution < 1.29 is 0 Å². The van der Waals surface area contributed by atoms with Crippen LogP contribution in [-0.2, 0) is 0 Å². The van der Waals surface area contributed by atoms with E-state index in [0.29, 0.717) is 6.04 Å². The lowest BCUT2D eigenvalue weighted by atomic mass is 10.1. The minimum Gasteiger partial charge on any atom is -0.312 e. The number of hydrogen-bond acceptors (Lipinski definition) is 2. The average molecular weight is 259 g/mol. The number of benzene rings is 1. The molecule has 0 spiro atoms. The van der Waals surface area contributed by atoms with Crippen LogP contribution in [0.4, 0.5) is 0 Å². The molecular weight excluding hydrogens is 238 g/mol. The topological polar surface area (TPSA) is 12.0 Å². The van der Waals surface area contributed by atoms with E-state index in [0.717, 1.165) is 6.42 Å². The Bertz CT molecular complexity index is 503. The van der Waals surface area contributed by atoms with Crippen molar-refractivity contribution in [2.45, 2.75) is 33.2 Å². The fourth-order valence-corrected chi connectivity index (χ4v) is 3.55. The van der Waals surface area contributed by atoms with Crippen molar-refractivity contribution in [2.75, 3.05) is 7.05 Å². The van der Waals surface area contributed by atoms with E-state index < -0.39 is 0 Å². The molecule has 1 N–H and O–H groups in total. The molecule has 0 saturated heterocycles. The largest absolute Gasteiger partial charge is 0.312 e. The minimum absolute atomic E-state index is 0.481. The zero-order valence-electron chi connectivity index (χ0n) is 11.6. The fraction of sp³-hybridized carbons (Fsp3) is 0.375. The van der Waals surface area contributed by atoms with Gasteiger partial charge in [0.15, 0.2) is 0 Å². The van der Waals surface area contributed by atoms with Gasteiger partial charge in [0.2, 0.25) is 0 Å². The first-order chi connectivity index (χ1) is 8.63. The van der Waals surface area contributed by atoms with Gasteiger partial charge < -0.3 is 5.32 Å². The van der Waals surface area contributed by atoms with Crippen LogP contribution in [0, 0.1) is 13.8 Å². The highest BCUT2D eigenvalue weighted by Crippen LogP contribution is 2.33. The Kier molecular flexibility index (Phi) is 4.20. The van der Waals surface area contributed by atoms with Gasteiger partial charge in [0, 0.05) is 15.8 Å². The Labute approximate surface area is 114 Å². The van der Waals surface area contributed by atoms with E-state index in [4.69, 9.17) is 0 Å². The highest BCUT2D eigenvalue weighted by atomic mass is 32.1. The molecule has 0 aliphatic rings. The third kappa shape index (κ3) is 2.82. The molecule has 0 aliphatic carbocycles. The van der Waals surface area contributed by atoms with E-state index in [2.05, 4.69) is 56.4 Å². The Morgan fingerprint density at radius 3 is 2.33 bits per heavy atom. The fourth-order valence-electron chi connectivity index (χ4n) is 2.36. The van der Waals surface area contributed by atoms with Gasteiger partial charge in [0.05, 0.1) is 0 Å². The van der Waals surface area contributed by atoms with Crippen LogP contribution in [0.3, 0.4) is 0 Å². The van der Waals surface area contributed by atoms with Crippen molar-refractivity contribution in [3.05, 3.63) is 46.3 Å². The summed E-state index contributed by atoms with van der Waals surface area (Å²) in [6.45, 7) is 6.54. The van der Waals surface area contributed by atoms with E-state index in [1.165, 1.54) is 26.4 Å². The lowest BCUT2D eigenvalue weighted by Crippen LogP contribution is -2.13. The van der Waals surface area contributed by atoms with E-state index in [1.807, 2.05) is 18.4 Å². The van der Waals surface area contributed by atoms with E-state index in [9.17, 15) is 0 Å². The quantitative estimate of drug-likeness (QED) is 0.839. The van der Waals surface area contributed by atoms with Crippen LogP contribution in [0.5, 0.6) is 0 Å². The molecule has 0 amide bonds. The molecule has 0 fully saturated rings. The van der Waals surface area contributed by atoms with Crippen molar-refractivity contribution in [1.82, 2.24) is 5.32 Å². The van der Waals surface area contributed by atoms with Crippen LogP contribution < -0.4 is 5.32 Å². The lowest BCUT2D eigenvalue weighted by molar-refractivity contribution is 0.586. The standard InChI is InChI=1S/C16H21NS/c1-5-14(17-4)16-7-6-15(18-16)13-9-11(2)8-12(3)10-13/h6-10,14,17H,5H2,1-4H3. The second kappa shape index (κ2) is 5.68. The van der Waals surface area contributed by atoms with Crippen molar-refractivity contribution in [2.24, 2.45) is 0 Å². The Morgan fingerprint density at radius 2 is 1.78 bits per heavy atom. The zero-order chi connectivity index (χ0) is 13.1. The molecule has 1 heterocycles. The van der Waals surface area contributed by atoms with Crippen LogP contribution in [0.15, 0.2) is 30.3 Å². The summed E-state index contributed by atoms with van der Waals surface area (Å²) in [7, 11) is 2.03. The average Bonchev–Trinajstić information content (AvgIpc) is 2.79. The van der Waals surface area contributed by atoms with Crippen LogP contribution in [-0.4, -0.2) is 7.05 Å². The molecular formula is C16H21NS. The van der Waals surface area contributed by atoms with Crippen LogP contribution in [0.25, 0.3) is 10.4 Å². The molecule has 0 saturated carbocycles. The minimum atomic E-state index is 0.481. The number of aryl methyl sites for hydroxylation is 2. The van der Waals surface area contributed by atoms with Crippen molar-refractivity contribution in [3.8, 4) is 10.4 Å². The molecule has 1 aromatic carbocycles. The van der Waals surface area contributed by atoms with Gasteiger partial charge in [-0.1, -0.05) is 36.2 Å². The number of rotatable bonds is 4. The Morgan fingerprint density at radius 1 is 1.11 bits per heavy atom. The molecule has 0 aliphatic heterocycles. The second-order valence-corrected chi connectivity index (χ2v) is 5.94. The lowest BCUT2D eigenvalue weighted by Gasteiger charge is -2.10. The van der Waals surface area contributed by atoms with Crippen molar-refractivity contribution >= 4 is 11.3 Å². The molecule has 2 rings (SSSR count). The predicted molar refractivity (Wildman–Crippen MR) is 81.3 cm³/mol. The Hall–Kier alpha value is -1.12. The summed E-state index contributed by atoms with van der Waals surface area (Å²) >= 11 is 1.90. The molecule has 96 valence electrons. The first kappa shape index (κ1) is 13.3. The van der Waals surface area contributed by atoms with Crippen molar-refractivity contribution in [1.29, 1.82) is 0 Å². The van der Waals surface area contributed by atoms with Gasteiger partial charge in [-0.15, -0.1) is 11.3 Å². The van der Waals surface area contributed by atoms with Gasteiger partial charge in [0.25, 0.3) is 0 Å². The summed E-state index contributed by atoms with van der Waals surface area (Å²) in [6.07, 6.45) is 1.13. The van der Waals surface area contributed by atoms with Gasteiger partial charge in [-0.2, -0.15) is 0 Å². The molecule has 0 bridgehead atoms. The molecule has 0 radical (unpaired) electrons. The van der Waals surface area contributed by atoms with Crippen LogP contribution in [0.2, 0.25) is 0 Å². The molecule has 1 atom stereocenters. The Balaban J connectivity index is 2.34.